The molecule has 11 rings (SSSR count). The van der Waals surface area contributed by atoms with Gasteiger partial charge in [0, 0.05) is 92.6 Å². The monoisotopic (exact) mass is 904 g/mol. The number of hydrogen-bond donors (Lipinski definition) is 3. The number of aliphatic hydroxyl groups is 1. The van der Waals surface area contributed by atoms with Crippen LogP contribution in [0.5, 0.6) is 0 Å². The van der Waals surface area contributed by atoms with Crippen LogP contribution in [0.4, 0.5) is 28.7 Å². The Labute approximate surface area is 386 Å². The Balaban J connectivity index is 0.747. The van der Waals surface area contributed by atoms with Gasteiger partial charge in [0.15, 0.2) is 0 Å². The Morgan fingerprint density at radius 2 is 1.66 bits per heavy atom. The van der Waals surface area contributed by atoms with Crippen LogP contribution in [-0.4, -0.2) is 96.9 Å². The molecule has 1 spiro atoms. The Morgan fingerprint density at radius 3 is 2.40 bits per heavy atom. The van der Waals surface area contributed by atoms with Gasteiger partial charge in [-0.3, -0.25) is 43.9 Å². The molecule has 1 unspecified atom stereocenters. The lowest BCUT2D eigenvalue weighted by molar-refractivity contribution is -0.136. The van der Waals surface area contributed by atoms with Gasteiger partial charge in [0.05, 0.1) is 29.6 Å². The van der Waals surface area contributed by atoms with E-state index in [2.05, 4.69) is 50.8 Å². The van der Waals surface area contributed by atoms with Gasteiger partial charge in [-0.05, 0) is 104 Å². The molecule has 67 heavy (non-hydrogen) atoms. The third-order valence-electron chi connectivity index (χ3n) is 14.9. The van der Waals surface area contributed by atoms with Gasteiger partial charge in [-0.25, -0.2) is 9.97 Å². The Hall–Kier alpha value is -7.14. The molecule has 4 aromatic heterocycles. The maximum Gasteiger partial charge on any atom is 0.276 e. The number of piperidine rings is 2. The number of hydrogen-bond acceptors (Lipinski definition) is 12. The number of aromatic nitrogens is 4. The predicted octanol–water partition coefficient (Wildman–Crippen LogP) is 4.56. The molecule has 1 aromatic carbocycles. The van der Waals surface area contributed by atoms with E-state index in [1.807, 2.05) is 30.5 Å². The van der Waals surface area contributed by atoms with E-state index in [0.29, 0.717) is 52.8 Å². The number of benzene rings is 1. The topological polar surface area (TPSA) is 195 Å². The van der Waals surface area contributed by atoms with Gasteiger partial charge < -0.3 is 29.4 Å². The number of fused-ring (bicyclic) bond motifs is 4. The standard InChI is InChI=1S/C50H52N10O7/c1-28-20-50(26-56(27-50)31-5-7-34-35(19-31)46(65)60(45(34)64)38-8-10-42(62)54-44(38)63)12-14-57(28)32-6-9-41(52-23-32)53-37-17-30(24-55(4)47(37)66)33-11-13-51-43(36(33)25-61)59-16-15-58-39(48(59)67)18-29-21-49(2,3)22-40(29)58/h5-7,9,11,13,17-19,23-24,28,38,61H,8,10,12,14-16,20-22,25-27H2,1-4H3,(H,52,53)(H,54,62,63)/t28-,38?/m0/s1. The van der Waals surface area contributed by atoms with Crippen LogP contribution in [0.1, 0.15) is 94.5 Å². The van der Waals surface area contributed by atoms with Crippen LogP contribution < -0.4 is 30.9 Å². The highest BCUT2D eigenvalue weighted by molar-refractivity contribution is 6.23. The van der Waals surface area contributed by atoms with Crippen molar-refractivity contribution in [2.24, 2.45) is 17.9 Å². The van der Waals surface area contributed by atoms with Crippen molar-refractivity contribution in [3.63, 3.8) is 0 Å². The van der Waals surface area contributed by atoms with Gasteiger partial charge in [0.1, 0.15) is 29.1 Å². The van der Waals surface area contributed by atoms with E-state index < -0.39 is 29.7 Å². The number of carbonyl (C=O) groups excluding carboxylic acids is 5. The van der Waals surface area contributed by atoms with Crippen LogP contribution in [0, 0.1) is 10.8 Å². The van der Waals surface area contributed by atoms with Crippen LogP contribution in [0.15, 0.2) is 71.9 Å². The maximum atomic E-state index is 14.0. The minimum atomic E-state index is -1.000. The summed E-state index contributed by atoms with van der Waals surface area (Å²) in [7, 11) is 1.68. The first-order valence-electron chi connectivity index (χ1n) is 23.0. The smallest absolute Gasteiger partial charge is 0.276 e. The number of amides is 5. The van der Waals surface area contributed by atoms with Gasteiger partial charge in [-0.15, -0.1) is 0 Å². The second-order valence-electron chi connectivity index (χ2n) is 20.1. The zero-order valence-corrected chi connectivity index (χ0v) is 38.0. The summed E-state index contributed by atoms with van der Waals surface area (Å²) in [6.45, 7) is 9.87. The van der Waals surface area contributed by atoms with Crippen LogP contribution >= 0.6 is 0 Å². The molecule has 9 heterocycles. The second kappa shape index (κ2) is 15.5. The Bertz CT molecular complexity index is 3020. The molecule has 5 aliphatic heterocycles. The molecule has 3 N–H and O–H groups in total. The van der Waals surface area contributed by atoms with Gasteiger partial charge in [0.2, 0.25) is 11.8 Å². The van der Waals surface area contributed by atoms with Crippen LogP contribution in [0.3, 0.4) is 0 Å². The van der Waals surface area contributed by atoms with E-state index in [9.17, 15) is 33.9 Å². The minimum absolute atomic E-state index is 0.0725. The normalized spacial score (nSPS) is 21.7. The number of nitrogens with zero attached hydrogens (tertiary/aromatic N) is 8. The molecule has 0 saturated carbocycles. The average molecular weight is 905 g/mol. The lowest BCUT2D eigenvalue weighted by Crippen LogP contribution is -2.62. The summed E-state index contributed by atoms with van der Waals surface area (Å²) < 4.78 is 3.64. The molecule has 2 atom stereocenters. The number of imide groups is 2. The van der Waals surface area contributed by atoms with Crippen LogP contribution in [-0.2, 0) is 42.6 Å². The first-order chi connectivity index (χ1) is 32.1. The molecule has 17 heteroatoms. The fourth-order valence-corrected chi connectivity index (χ4v) is 11.7. The molecule has 5 amide bonds. The number of carbonyl (C=O) groups is 5. The maximum absolute atomic E-state index is 14.0. The van der Waals surface area contributed by atoms with Crippen molar-refractivity contribution in [2.45, 2.75) is 84.5 Å². The first-order valence-corrected chi connectivity index (χ1v) is 23.0. The van der Waals surface area contributed by atoms with Crippen molar-refractivity contribution in [3.8, 4) is 11.1 Å². The highest BCUT2D eigenvalue weighted by Crippen LogP contribution is 2.46. The quantitative estimate of drug-likeness (QED) is 0.184. The van der Waals surface area contributed by atoms with Crippen molar-refractivity contribution in [2.75, 3.05) is 46.2 Å². The van der Waals surface area contributed by atoms with Gasteiger partial charge in [0.25, 0.3) is 23.3 Å². The van der Waals surface area contributed by atoms with Crippen molar-refractivity contribution in [3.05, 3.63) is 111 Å². The number of rotatable bonds is 8. The van der Waals surface area contributed by atoms with Crippen LogP contribution in [0.25, 0.3) is 11.1 Å². The van der Waals surface area contributed by atoms with E-state index in [1.54, 1.807) is 48.6 Å². The summed E-state index contributed by atoms with van der Waals surface area (Å²) in [5.41, 5.74) is 7.65. The Morgan fingerprint density at radius 1 is 0.866 bits per heavy atom. The SMILES string of the molecule is C[C@H]1CC2(CCN1c1ccc(Nc3cc(-c4ccnc(N5CCn6c(cc7c6CC(C)(C)C7)C5=O)c4CO)cn(C)c3=O)nc1)CN(c1ccc3c(c1)C(=O)N(C1CCC(=O)NC1=O)C3=O)C2. The van der Waals surface area contributed by atoms with Gasteiger partial charge in [-0.1, -0.05) is 13.8 Å². The predicted molar refractivity (Wildman–Crippen MR) is 249 cm³/mol. The largest absolute Gasteiger partial charge is 0.392 e. The lowest BCUT2D eigenvalue weighted by Gasteiger charge is -2.57. The second-order valence-corrected chi connectivity index (χ2v) is 20.1. The highest BCUT2D eigenvalue weighted by atomic mass is 16.3. The van der Waals surface area contributed by atoms with Gasteiger partial charge in [-0.2, -0.15) is 0 Å². The van der Waals surface area contributed by atoms with Crippen molar-refractivity contribution < 1.29 is 29.1 Å². The van der Waals surface area contributed by atoms with Crippen molar-refractivity contribution in [1.82, 2.24) is 29.3 Å². The molecule has 0 bridgehead atoms. The fraction of sp³-hybridized carbons (Fsp3) is 0.400. The number of pyridine rings is 3. The molecular weight excluding hydrogens is 853 g/mol. The van der Waals surface area contributed by atoms with E-state index in [0.717, 1.165) is 61.6 Å². The number of aryl methyl sites for hydroxylation is 1. The zero-order valence-electron chi connectivity index (χ0n) is 38.0. The summed E-state index contributed by atoms with van der Waals surface area (Å²) in [6, 6.07) is 13.9. The van der Waals surface area contributed by atoms with E-state index in [-0.39, 0.29) is 58.9 Å². The van der Waals surface area contributed by atoms with Gasteiger partial charge >= 0.3 is 0 Å². The molecule has 17 nitrogen and oxygen atoms in total. The number of nitrogens with one attached hydrogen (secondary N) is 2. The minimum Gasteiger partial charge on any atom is -0.392 e. The Kier molecular flexibility index (Phi) is 9.81. The van der Waals surface area contributed by atoms with E-state index in [1.165, 1.54) is 15.8 Å². The molecule has 6 aliphatic rings. The number of aliphatic hydroxyl groups excluding tert-OH is 1. The molecule has 5 aromatic rings. The lowest BCUT2D eigenvalue weighted by atomic mass is 9.69. The zero-order chi connectivity index (χ0) is 46.7. The summed E-state index contributed by atoms with van der Waals surface area (Å²) in [6.07, 6.45) is 9.13. The third kappa shape index (κ3) is 7.00. The molecule has 3 fully saturated rings. The van der Waals surface area contributed by atoms with Crippen LogP contribution in [0.2, 0.25) is 0 Å². The molecule has 3 saturated heterocycles. The average Bonchev–Trinajstić information content (AvgIpc) is 3.88. The summed E-state index contributed by atoms with van der Waals surface area (Å²) in [5, 5.41) is 16.3. The molecule has 344 valence electrons. The molecule has 0 radical (unpaired) electrons. The first kappa shape index (κ1) is 42.5. The van der Waals surface area contributed by atoms with E-state index in [4.69, 9.17) is 4.98 Å². The fourth-order valence-electron chi connectivity index (χ4n) is 11.7. The summed E-state index contributed by atoms with van der Waals surface area (Å²) in [4.78, 5) is 95.0. The third-order valence-corrected chi connectivity index (χ3v) is 14.9. The summed E-state index contributed by atoms with van der Waals surface area (Å²) in [5.74, 6) is -1.29. The molecular formula is C50H52N10O7. The van der Waals surface area contributed by atoms with E-state index >= 15 is 0 Å². The highest BCUT2D eigenvalue weighted by Gasteiger charge is 2.49. The molecule has 1 aliphatic carbocycles. The van der Waals surface area contributed by atoms with Crippen molar-refractivity contribution >= 4 is 58.2 Å². The summed E-state index contributed by atoms with van der Waals surface area (Å²) >= 11 is 0. The number of anilines is 5. The van der Waals surface area contributed by atoms with Crippen molar-refractivity contribution in [1.29, 1.82) is 0 Å².